The van der Waals surface area contributed by atoms with E-state index < -0.39 is 0 Å². The average Bonchev–Trinajstić information content (AvgIpc) is 2.33. The number of nitrogens with zero attached hydrogens (tertiary/aromatic N) is 1. The molecule has 0 spiro atoms. The van der Waals surface area contributed by atoms with E-state index in [-0.39, 0.29) is 18.1 Å². The van der Waals surface area contributed by atoms with Crippen molar-refractivity contribution in [1.82, 2.24) is 4.90 Å². The Kier molecular flexibility index (Phi) is 7.19. The third-order valence-electron chi connectivity index (χ3n) is 4.52. The maximum absolute atomic E-state index is 13.0. The summed E-state index contributed by atoms with van der Waals surface area (Å²) in [7, 11) is 0. The minimum atomic E-state index is 0.137. The van der Waals surface area contributed by atoms with Crippen molar-refractivity contribution in [1.29, 1.82) is 0 Å². The fraction of sp³-hybridized carbons (Fsp3) is 0.944. The highest BCUT2D eigenvalue weighted by Crippen LogP contribution is 2.35. The maximum Gasteiger partial charge on any atom is 0.226 e. The quantitative estimate of drug-likeness (QED) is 0.742. The zero-order chi connectivity index (χ0) is 16.2. The van der Waals surface area contributed by atoms with E-state index in [0.29, 0.717) is 23.7 Å². The first-order valence-electron chi connectivity index (χ1n) is 8.70. The Balaban J connectivity index is 2.86. The summed E-state index contributed by atoms with van der Waals surface area (Å²) in [5.74, 6) is 1.86. The third-order valence-corrected chi connectivity index (χ3v) is 4.52. The first-order valence-corrected chi connectivity index (χ1v) is 8.70. The summed E-state index contributed by atoms with van der Waals surface area (Å²) < 4.78 is 5.85. The van der Waals surface area contributed by atoms with Gasteiger partial charge in [-0.2, -0.15) is 0 Å². The number of rotatable bonds is 6. The van der Waals surface area contributed by atoms with Gasteiger partial charge in [-0.3, -0.25) is 4.79 Å². The molecule has 1 heterocycles. The van der Waals surface area contributed by atoms with Crippen molar-refractivity contribution in [3.8, 4) is 0 Å². The standard InChI is InChI=1S/C18H35NO2/c1-8-19(11-12(2)3)18(20)17(13(4)5)16-9-14(6)21-15(7)10-16/h12-17H,8-11H2,1-7H3. The normalized spacial score (nSPS) is 28.0. The van der Waals surface area contributed by atoms with Gasteiger partial charge in [-0.1, -0.05) is 27.7 Å². The van der Waals surface area contributed by atoms with Crippen LogP contribution in [0.15, 0.2) is 0 Å². The number of amides is 1. The molecule has 1 rings (SSSR count). The summed E-state index contributed by atoms with van der Waals surface area (Å²) in [4.78, 5) is 15.1. The van der Waals surface area contributed by atoms with Crippen LogP contribution in [0.25, 0.3) is 0 Å². The van der Waals surface area contributed by atoms with E-state index in [1.165, 1.54) is 0 Å². The molecule has 21 heavy (non-hydrogen) atoms. The molecule has 0 bridgehead atoms. The molecular weight excluding hydrogens is 262 g/mol. The smallest absolute Gasteiger partial charge is 0.226 e. The zero-order valence-electron chi connectivity index (χ0n) is 15.1. The molecule has 3 unspecified atom stereocenters. The molecule has 1 fully saturated rings. The molecule has 1 saturated heterocycles. The van der Waals surface area contributed by atoms with Gasteiger partial charge in [0, 0.05) is 19.0 Å². The van der Waals surface area contributed by atoms with Gasteiger partial charge in [0.1, 0.15) is 0 Å². The summed E-state index contributed by atoms with van der Waals surface area (Å²) >= 11 is 0. The topological polar surface area (TPSA) is 29.5 Å². The molecule has 0 aromatic rings. The van der Waals surface area contributed by atoms with Crippen LogP contribution < -0.4 is 0 Å². The van der Waals surface area contributed by atoms with E-state index in [0.717, 1.165) is 25.9 Å². The van der Waals surface area contributed by atoms with Gasteiger partial charge < -0.3 is 9.64 Å². The van der Waals surface area contributed by atoms with E-state index in [4.69, 9.17) is 4.74 Å². The lowest BCUT2D eigenvalue weighted by molar-refractivity contribution is -0.143. The van der Waals surface area contributed by atoms with Gasteiger partial charge in [-0.25, -0.2) is 0 Å². The molecule has 0 aliphatic carbocycles. The highest BCUT2D eigenvalue weighted by molar-refractivity contribution is 5.79. The lowest BCUT2D eigenvalue weighted by Gasteiger charge is -2.40. The molecule has 3 nitrogen and oxygen atoms in total. The van der Waals surface area contributed by atoms with Crippen LogP contribution in [0.3, 0.4) is 0 Å². The molecule has 1 aliphatic rings. The van der Waals surface area contributed by atoms with Crippen molar-refractivity contribution in [2.45, 2.75) is 73.5 Å². The van der Waals surface area contributed by atoms with Crippen LogP contribution in [-0.4, -0.2) is 36.1 Å². The van der Waals surface area contributed by atoms with Crippen molar-refractivity contribution in [3.63, 3.8) is 0 Å². The second-order valence-corrected chi connectivity index (χ2v) is 7.53. The molecule has 0 radical (unpaired) electrons. The van der Waals surface area contributed by atoms with Crippen LogP contribution in [0.1, 0.15) is 61.3 Å². The van der Waals surface area contributed by atoms with E-state index in [1.807, 2.05) is 0 Å². The Bertz CT molecular complexity index is 317. The van der Waals surface area contributed by atoms with Gasteiger partial charge in [0.25, 0.3) is 0 Å². The van der Waals surface area contributed by atoms with E-state index in [2.05, 4.69) is 53.4 Å². The Hall–Kier alpha value is -0.570. The Labute approximate surface area is 131 Å². The van der Waals surface area contributed by atoms with Gasteiger partial charge >= 0.3 is 0 Å². The minimum Gasteiger partial charge on any atom is -0.376 e. The monoisotopic (exact) mass is 297 g/mol. The number of carbonyl (C=O) groups is 1. The van der Waals surface area contributed by atoms with Crippen molar-refractivity contribution >= 4 is 5.91 Å². The Morgan fingerprint density at radius 3 is 2.05 bits per heavy atom. The van der Waals surface area contributed by atoms with Crippen LogP contribution in [-0.2, 0) is 9.53 Å². The highest BCUT2D eigenvalue weighted by atomic mass is 16.5. The van der Waals surface area contributed by atoms with Gasteiger partial charge in [-0.15, -0.1) is 0 Å². The number of ether oxygens (including phenoxy) is 1. The van der Waals surface area contributed by atoms with E-state index >= 15 is 0 Å². The SMILES string of the molecule is CCN(CC(C)C)C(=O)C(C(C)C)C1CC(C)OC(C)C1. The first kappa shape index (κ1) is 18.5. The third kappa shape index (κ3) is 5.28. The van der Waals surface area contributed by atoms with Gasteiger partial charge in [-0.05, 0) is 51.4 Å². The van der Waals surface area contributed by atoms with Crippen molar-refractivity contribution < 1.29 is 9.53 Å². The van der Waals surface area contributed by atoms with Crippen molar-refractivity contribution in [2.24, 2.45) is 23.7 Å². The predicted octanol–water partition coefficient (Wildman–Crippen LogP) is 3.97. The van der Waals surface area contributed by atoms with Crippen LogP contribution in [0.5, 0.6) is 0 Å². The molecule has 0 N–H and O–H groups in total. The maximum atomic E-state index is 13.0. The Morgan fingerprint density at radius 2 is 1.67 bits per heavy atom. The average molecular weight is 297 g/mol. The second kappa shape index (κ2) is 8.17. The summed E-state index contributed by atoms with van der Waals surface area (Å²) in [6, 6.07) is 0. The van der Waals surface area contributed by atoms with E-state index in [9.17, 15) is 4.79 Å². The molecule has 3 heteroatoms. The van der Waals surface area contributed by atoms with Gasteiger partial charge in [0.2, 0.25) is 5.91 Å². The van der Waals surface area contributed by atoms with Crippen LogP contribution in [0.2, 0.25) is 0 Å². The lowest BCUT2D eigenvalue weighted by Crippen LogP contribution is -2.45. The summed E-state index contributed by atoms with van der Waals surface area (Å²) in [6.07, 6.45) is 2.57. The second-order valence-electron chi connectivity index (χ2n) is 7.53. The van der Waals surface area contributed by atoms with Gasteiger partial charge in [0.05, 0.1) is 12.2 Å². The number of hydrogen-bond acceptors (Lipinski definition) is 2. The Morgan fingerprint density at radius 1 is 1.14 bits per heavy atom. The van der Waals surface area contributed by atoms with Crippen molar-refractivity contribution in [3.05, 3.63) is 0 Å². The van der Waals surface area contributed by atoms with Crippen molar-refractivity contribution in [2.75, 3.05) is 13.1 Å². The molecule has 1 aliphatic heterocycles. The lowest BCUT2D eigenvalue weighted by atomic mass is 9.75. The van der Waals surface area contributed by atoms with Crippen LogP contribution in [0, 0.1) is 23.7 Å². The molecule has 0 aromatic carbocycles. The predicted molar refractivity (Wildman–Crippen MR) is 88.2 cm³/mol. The number of hydrogen-bond donors (Lipinski definition) is 0. The fourth-order valence-electron chi connectivity index (χ4n) is 3.81. The first-order chi connectivity index (χ1) is 9.76. The summed E-state index contributed by atoms with van der Waals surface area (Å²) in [5.41, 5.74) is 0. The number of carbonyl (C=O) groups excluding carboxylic acids is 1. The zero-order valence-corrected chi connectivity index (χ0v) is 15.1. The molecular formula is C18H35NO2. The molecule has 0 saturated carbocycles. The fourth-order valence-corrected chi connectivity index (χ4v) is 3.81. The van der Waals surface area contributed by atoms with Crippen LogP contribution >= 0.6 is 0 Å². The molecule has 3 atom stereocenters. The van der Waals surface area contributed by atoms with Crippen LogP contribution in [0.4, 0.5) is 0 Å². The minimum absolute atomic E-state index is 0.137. The largest absolute Gasteiger partial charge is 0.376 e. The molecule has 124 valence electrons. The van der Waals surface area contributed by atoms with Gasteiger partial charge in [0.15, 0.2) is 0 Å². The summed E-state index contributed by atoms with van der Waals surface area (Å²) in [6.45, 7) is 16.8. The highest BCUT2D eigenvalue weighted by Gasteiger charge is 2.37. The molecule has 1 amide bonds. The van der Waals surface area contributed by atoms with E-state index in [1.54, 1.807) is 0 Å². The summed E-state index contributed by atoms with van der Waals surface area (Å²) in [5, 5.41) is 0. The molecule has 0 aromatic heterocycles.